The van der Waals surface area contributed by atoms with E-state index in [9.17, 15) is 9.50 Å². The highest BCUT2D eigenvalue weighted by molar-refractivity contribution is 6.03. The predicted molar refractivity (Wildman–Crippen MR) is 136 cm³/mol. The molecule has 0 bridgehead atoms. The Kier molecular flexibility index (Phi) is 7.41. The van der Waals surface area contributed by atoms with Crippen LogP contribution < -0.4 is 15.4 Å². The molecule has 184 valence electrons. The van der Waals surface area contributed by atoms with E-state index in [1.807, 2.05) is 30.0 Å². The molecule has 8 heteroatoms. The van der Waals surface area contributed by atoms with Crippen LogP contribution in [-0.4, -0.2) is 42.2 Å². The Morgan fingerprint density at radius 3 is 2.77 bits per heavy atom. The van der Waals surface area contributed by atoms with E-state index in [2.05, 4.69) is 22.7 Å². The first-order chi connectivity index (χ1) is 16.9. The number of amidine groups is 1. The zero-order valence-corrected chi connectivity index (χ0v) is 20.0. The number of piperidine rings is 1. The maximum absolute atomic E-state index is 13.5. The lowest BCUT2D eigenvalue weighted by atomic mass is 9.93. The minimum Gasteiger partial charge on any atom is -0.495 e. The van der Waals surface area contributed by atoms with Gasteiger partial charge in [-0.2, -0.15) is 0 Å². The highest BCUT2D eigenvalue weighted by Crippen LogP contribution is 2.37. The summed E-state index contributed by atoms with van der Waals surface area (Å²) < 4.78 is 19.2. The van der Waals surface area contributed by atoms with E-state index in [1.54, 1.807) is 31.6 Å². The molecule has 0 amide bonds. The Morgan fingerprint density at radius 2 is 2.11 bits per heavy atom. The number of aliphatic hydroxyl groups is 1. The molecule has 3 N–H and O–H groups in total. The lowest BCUT2D eigenvalue weighted by Crippen LogP contribution is -2.49. The first-order valence-corrected chi connectivity index (χ1v) is 11.6. The van der Waals surface area contributed by atoms with Crippen molar-refractivity contribution in [3.8, 4) is 5.75 Å². The summed E-state index contributed by atoms with van der Waals surface area (Å²) in [6.07, 6.45) is 6.74. The van der Waals surface area contributed by atoms with Gasteiger partial charge in [-0.15, -0.1) is 0 Å². The SMILES string of the molecule is C=CN(/C=C(/C)N)c1ccc(/C=C2\CCCN3C2=NOC(CO)C3c2ccc(F)cc2)cc1OC. The van der Waals surface area contributed by atoms with E-state index in [0.29, 0.717) is 11.4 Å². The zero-order chi connectivity index (χ0) is 24.9. The van der Waals surface area contributed by atoms with Crippen LogP contribution in [0.3, 0.4) is 0 Å². The third kappa shape index (κ3) is 5.17. The number of benzene rings is 2. The minimum absolute atomic E-state index is 0.191. The fourth-order valence-corrected chi connectivity index (χ4v) is 4.56. The molecule has 2 aromatic rings. The van der Waals surface area contributed by atoms with Crippen LogP contribution in [0.2, 0.25) is 0 Å². The number of hydrogen-bond acceptors (Lipinski definition) is 7. The third-order valence-electron chi connectivity index (χ3n) is 6.12. The molecule has 0 saturated carbocycles. The fraction of sp³-hybridized carbons (Fsp3) is 0.296. The third-order valence-corrected chi connectivity index (χ3v) is 6.12. The summed E-state index contributed by atoms with van der Waals surface area (Å²) in [5.74, 6) is 1.10. The molecule has 2 aromatic carbocycles. The van der Waals surface area contributed by atoms with Crippen LogP contribution in [0.5, 0.6) is 5.75 Å². The molecule has 7 nitrogen and oxygen atoms in total. The summed E-state index contributed by atoms with van der Waals surface area (Å²) in [5, 5.41) is 14.3. The second kappa shape index (κ2) is 10.7. The molecular formula is C27H31FN4O3. The molecule has 4 rings (SSSR count). The summed E-state index contributed by atoms with van der Waals surface area (Å²) in [6, 6.07) is 12.0. The van der Waals surface area contributed by atoms with Gasteiger partial charge in [0, 0.05) is 24.6 Å². The van der Waals surface area contributed by atoms with Crippen molar-refractivity contribution in [2.24, 2.45) is 10.9 Å². The largest absolute Gasteiger partial charge is 0.495 e. The van der Waals surface area contributed by atoms with Gasteiger partial charge in [0.1, 0.15) is 11.6 Å². The number of rotatable bonds is 7. The Balaban J connectivity index is 1.68. The molecule has 2 heterocycles. The van der Waals surface area contributed by atoms with Gasteiger partial charge in [-0.25, -0.2) is 4.39 Å². The maximum atomic E-state index is 13.5. The standard InChI is InChI=1S/C27H31FN4O3/c1-4-31(16-18(2)29)23-12-7-19(15-24(23)34-3)14-21-6-5-13-32-26(20-8-10-22(28)11-9-20)25(17-33)35-30-27(21)32/h4,7-12,14-16,25-26,33H,1,5-6,13,17,29H2,2-3H3/b18-16-,21-14+. The van der Waals surface area contributed by atoms with Crippen LogP contribution in [0, 0.1) is 5.82 Å². The summed E-state index contributed by atoms with van der Waals surface area (Å²) in [6.45, 7) is 6.24. The highest BCUT2D eigenvalue weighted by atomic mass is 19.1. The van der Waals surface area contributed by atoms with Gasteiger partial charge in [-0.05, 0) is 66.8 Å². The van der Waals surface area contributed by atoms with Gasteiger partial charge < -0.3 is 30.2 Å². The van der Waals surface area contributed by atoms with Crippen LogP contribution in [0.4, 0.5) is 10.1 Å². The van der Waals surface area contributed by atoms with Crippen molar-refractivity contribution >= 4 is 17.6 Å². The lowest BCUT2D eigenvalue weighted by Gasteiger charge is -2.43. The monoisotopic (exact) mass is 478 g/mol. The topological polar surface area (TPSA) is 83.6 Å². The normalized spacial score (nSPS) is 21.1. The molecule has 1 saturated heterocycles. The molecule has 1 fully saturated rings. The Hall–Kier alpha value is -3.78. The number of ether oxygens (including phenoxy) is 1. The number of aliphatic hydroxyl groups excluding tert-OH is 1. The number of nitrogens with zero attached hydrogens (tertiary/aromatic N) is 3. The average molecular weight is 479 g/mol. The van der Waals surface area contributed by atoms with Crippen molar-refractivity contribution in [3.05, 3.63) is 89.7 Å². The maximum Gasteiger partial charge on any atom is 0.174 e. The molecule has 0 aliphatic carbocycles. The van der Waals surface area contributed by atoms with Gasteiger partial charge in [0.25, 0.3) is 0 Å². The van der Waals surface area contributed by atoms with E-state index >= 15 is 0 Å². The van der Waals surface area contributed by atoms with Crippen LogP contribution >= 0.6 is 0 Å². The fourth-order valence-electron chi connectivity index (χ4n) is 4.56. The van der Waals surface area contributed by atoms with Crippen LogP contribution in [0.25, 0.3) is 6.08 Å². The van der Waals surface area contributed by atoms with Crippen molar-refractivity contribution in [1.29, 1.82) is 0 Å². The van der Waals surface area contributed by atoms with Gasteiger partial charge in [-0.3, -0.25) is 0 Å². The quantitative estimate of drug-likeness (QED) is 0.609. The first-order valence-electron chi connectivity index (χ1n) is 11.6. The number of methoxy groups -OCH3 is 1. The zero-order valence-electron chi connectivity index (χ0n) is 20.0. The van der Waals surface area contributed by atoms with Gasteiger partial charge in [0.2, 0.25) is 0 Å². The summed E-state index contributed by atoms with van der Waals surface area (Å²) >= 11 is 0. The van der Waals surface area contributed by atoms with E-state index in [-0.39, 0.29) is 18.5 Å². The summed E-state index contributed by atoms with van der Waals surface area (Å²) in [5.41, 5.74) is 10.2. The molecule has 2 unspecified atom stereocenters. The van der Waals surface area contributed by atoms with Gasteiger partial charge in [-0.1, -0.05) is 29.9 Å². The minimum atomic E-state index is -0.535. The van der Waals surface area contributed by atoms with E-state index in [4.69, 9.17) is 15.3 Å². The average Bonchev–Trinajstić information content (AvgIpc) is 2.87. The van der Waals surface area contributed by atoms with Gasteiger partial charge in [0.15, 0.2) is 11.9 Å². The van der Waals surface area contributed by atoms with Crippen LogP contribution in [0.1, 0.15) is 36.9 Å². The number of oxime groups is 1. The number of halogens is 1. The molecule has 0 spiro atoms. The number of anilines is 1. The first kappa shape index (κ1) is 24.3. The molecular weight excluding hydrogens is 447 g/mol. The second-order valence-electron chi connectivity index (χ2n) is 8.60. The van der Waals surface area contributed by atoms with Crippen molar-refractivity contribution in [3.63, 3.8) is 0 Å². The highest BCUT2D eigenvalue weighted by Gasteiger charge is 2.39. The molecule has 0 radical (unpaired) electrons. The van der Waals surface area contributed by atoms with Crippen LogP contribution in [0.15, 0.2) is 77.9 Å². The van der Waals surface area contributed by atoms with E-state index in [1.165, 1.54) is 12.1 Å². The smallest absolute Gasteiger partial charge is 0.174 e. The predicted octanol–water partition coefficient (Wildman–Crippen LogP) is 4.53. The molecule has 2 atom stereocenters. The van der Waals surface area contributed by atoms with Crippen LogP contribution in [-0.2, 0) is 4.84 Å². The van der Waals surface area contributed by atoms with Gasteiger partial charge in [0.05, 0.1) is 25.4 Å². The molecule has 2 aliphatic heterocycles. The van der Waals surface area contributed by atoms with Crippen molar-refractivity contribution < 1.29 is 19.1 Å². The summed E-state index contributed by atoms with van der Waals surface area (Å²) in [4.78, 5) is 9.67. The number of nitrogens with two attached hydrogens (primary N) is 1. The van der Waals surface area contributed by atoms with Gasteiger partial charge >= 0.3 is 0 Å². The Bertz CT molecular complexity index is 1160. The van der Waals surface area contributed by atoms with Crippen molar-refractivity contribution in [2.45, 2.75) is 31.9 Å². The van der Waals surface area contributed by atoms with Crippen molar-refractivity contribution in [1.82, 2.24) is 4.90 Å². The second-order valence-corrected chi connectivity index (χ2v) is 8.60. The van der Waals surface area contributed by atoms with Crippen molar-refractivity contribution in [2.75, 3.05) is 25.2 Å². The molecule has 2 aliphatic rings. The molecule has 35 heavy (non-hydrogen) atoms. The Morgan fingerprint density at radius 1 is 1.34 bits per heavy atom. The summed E-state index contributed by atoms with van der Waals surface area (Å²) in [7, 11) is 1.62. The number of fused-ring (bicyclic) bond motifs is 1. The number of hydrogen-bond donors (Lipinski definition) is 2. The number of allylic oxidation sites excluding steroid dienone is 1. The lowest BCUT2D eigenvalue weighted by molar-refractivity contribution is -0.0496. The van der Waals surface area contributed by atoms with E-state index < -0.39 is 6.10 Å². The molecule has 0 aromatic heterocycles. The van der Waals surface area contributed by atoms with E-state index in [0.717, 1.165) is 47.6 Å². The Labute approximate surface area is 205 Å².